The summed E-state index contributed by atoms with van der Waals surface area (Å²) in [4.78, 5) is 4.36. The highest BCUT2D eigenvalue weighted by Crippen LogP contribution is 2.22. The van der Waals surface area contributed by atoms with Crippen LogP contribution in [-0.4, -0.2) is 20.8 Å². The van der Waals surface area contributed by atoms with Crippen LogP contribution in [0.3, 0.4) is 0 Å². The van der Waals surface area contributed by atoms with Gasteiger partial charge in [-0.05, 0) is 29.4 Å². The lowest BCUT2D eigenvalue weighted by atomic mass is 9.87. The predicted octanol–water partition coefficient (Wildman–Crippen LogP) is 2.88. The van der Waals surface area contributed by atoms with Crippen molar-refractivity contribution in [2.45, 2.75) is 58.2 Å². The Morgan fingerprint density at radius 3 is 2.52 bits per heavy atom. The summed E-state index contributed by atoms with van der Waals surface area (Å²) >= 11 is 0. The quantitative estimate of drug-likeness (QED) is 0.918. The SMILES string of the molecule is CC(C)(C)c1ccc(Cn2cnc(CNC3CC3)n2)cc1. The van der Waals surface area contributed by atoms with Crippen molar-refractivity contribution in [2.75, 3.05) is 0 Å². The van der Waals surface area contributed by atoms with E-state index < -0.39 is 0 Å². The van der Waals surface area contributed by atoms with Crippen molar-refractivity contribution in [3.63, 3.8) is 0 Å². The topological polar surface area (TPSA) is 42.7 Å². The third-order valence-corrected chi connectivity index (χ3v) is 3.87. The van der Waals surface area contributed by atoms with E-state index in [2.05, 4.69) is 60.4 Å². The van der Waals surface area contributed by atoms with Gasteiger partial charge in [-0.15, -0.1) is 0 Å². The van der Waals surface area contributed by atoms with Crippen LogP contribution in [0, 0.1) is 0 Å². The lowest BCUT2D eigenvalue weighted by Crippen LogP contribution is -2.16. The van der Waals surface area contributed by atoms with Crippen LogP contribution in [0.25, 0.3) is 0 Å². The summed E-state index contributed by atoms with van der Waals surface area (Å²) in [5.74, 6) is 0.883. The average molecular weight is 284 g/mol. The molecule has 1 N–H and O–H groups in total. The highest BCUT2D eigenvalue weighted by molar-refractivity contribution is 5.27. The summed E-state index contributed by atoms with van der Waals surface area (Å²) in [6.07, 6.45) is 4.41. The van der Waals surface area contributed by atoms with E-state index in [0.29, 0.717) is 6.04 Å². The van der Waals surface area contributed by atoms with Gasteiger partial charge in [0.25, 0.3) is 0 Å². The van der Waals surface area contributed by atoms with Crippen LogP contribution >= 0.6 is 0 Å². The van der Waals surface area contributed by atoms with E-state index in [0.717, 1.165) is 18.9 Å². The first-order valence-electron chi connectivity index (χ1n) is 7.72. The van der Waals surface area contributed by atoms with E-state index in [4.69, 9.17) is 0 Å². The van der Waals surface area contributed by atoms with Crippen LogP contribution < -0.4 is 5.32 Å². The molecule has 0 unspecified atom stereocenters. The standard InChI is InChI=1S/C17H24N4/c1-17(2,3)14-6-4-13(5-7-14)11-21-12-19-16(20-21)10-18-15-8-9-15/h4-7,12,15,18H,8-11H2,1-3H3. The smallest absolute Gasteiger partial charge is 0.164 e. The van der Waals surface area contributed by atoms with Gasteiger partial charge in [0.05, 0.1) is 13.1 Å². The summed E-state index contributed by atoms with van der Waals surface area (Å²) in [6.45, 7) is 8.26. The second-order valence-electron chi connectivity index (χ2n) is 6.96. The Balaban J connectivity index is 1.60. The van der Waals surface area contributed by atoms with Crippen molar-refractivity contribution in [3.8, 4) is 0 Å². The van der Waals surface area contributed by atoms with Gasteiger partial charge in [-0.2, -0.15) is 5.10 Å². The zero-order chi connectivity index (χ0) is 14.9. The molecule has 1 aromatic carbocycles. The van der Waals surface area contributed by atoms with Crippen LogP contribution in [0.1, 0.15) is 50.6 Å². The fourth-order valence-electron chi connectivity index (χ4n) is 2.31. The number of nitrogens with one attached hydrogen (secondary N) is 1. The van der Waals surface area contributed by atoms with E-state index in [9.17, 15) is 0 Å². The Labute approximate surface area is 126 Å². The number of hydrogen-bond acceptors (Lipinski definition) is 3. The van der Waals surface area contributed by atoms with Crippen molar-refractivity contribution < 1.29 is 0 Å². The molecule has 1 heterocycles. The zero-order valence-electron chi connectivity index (χ0n) is 13.1. The largest absolute Gasteiger partial charge is 0.307 e. The van der Waals surface area contributed by atoms with Gasteiger partial charge in [0.2, 0.25) is 0 Å². The molecule has 1 fully saturated rings. The maximum Gasteiger partial charge on any atom is 0.164 e. The summed E-state index contributed by atoms with van der Waals surface area (Å²) in [7, 11) is 0. The summed E-state index contributed by atoms with van der Waals surface area (Å²) < 4.78 is 1.91. The molecule has 0 saturated heterocycles. The third kappa shape index (κ3) is 3.91. The Kier molecular flexibility index (Phi) is 3.81. The van der Waals surface area contributed by atoms with Crippen LogP contribution in [-0.2, 0) is 18.5 Å². The molecule has 0 aliphatic heterocycles. The van der Waals surface area contributed by atoms with Crippen molar-refractivity contribution in [1.82, 2.24) is 20.1 Å². The van der Waals surface area contributed by atoms with E-state index >= 15 is 0 Å². The normalized spacial score (nSPS) is 15.4. The van der Waals surface area contributed by atoms with Crippen LogP contribution in [0.2, 0.25) is 0 Å². The highest BCUT2D eigenvalue weighted by atomic mass is 15.3. The van der Waals surface area contributed by atoms with Crippen molar-refractivity contribution >= 4 is 0 Å². The van der Waals surface area contributed by atoms with Gasteiger partial charge in [0.1, 0.15) is 6.33 Å². The fraction of sp³-hybridized carbons (Fsp3) is 0.529. The van der Waals surface area contributed by atoms with Gasteiger partial charge in [-0.25, -0.2) is 9.67 Å². The summed E-state index contributed by atoms with van der Waals surface area (Å²) in [6, 6.07) is 9.49. The lowest BCUT2D eigenvalue weighted by Gasteiger charge is -2.19. The first kappa shape index (κ1) is 14.3. The molecule has 1 saturated carbocycles. The van der Waals surface area contributed by atoms with Gasteiger partial charge in [0, 0.05) is 6.04 Å². The van der Waals surface area contributed by atoms with Crippen LogP contribution in [0.4, 0.5) is 0 Å². The van der Waals surface area contributed by atoms with Crippen molar-refractivity contribution in [2.24, 2.45) is 0 Å². The Morgan fingerprint density at radius 2 is 1.90 bits per heavy atom. The first-order valence-corrected chi connectivity index (χ1v) is 7.72. The maximum absolute atomic E-state index is 4.52. The lowest BCUT2D eigenvalue weighted by molar-refractivity contribution is 0.589. The van der Waals surface area contributed by atoms with Crippen molar-refractivity contribution in [1.29, 1.82) is 0 Å². The molecule has 1 aromatic heterocycles. The van der Waals surface area contributed by atoms with E-state index in [1.807, 2.05) is 11.0 Å². The molecule has 1 aliphatic rings. The number of nitrogens with zero attached hydrogens (tertiary/aromatic N) is 3. The number of rotatable bonds is 5. The third-order valence-electron chi connectivity index (χ3n) is 3.87. The fourth-order valence-corrected chi connectivity index (χ4v) is 2.31. The Bertz CT molecular complexity index is 588. The molecule has 0 amide bonds. The van der Waals surface area contributed by atoms with Gasteiger partial charge in [-0.3, -0.25) is 0 Å². The molecule has 1 aliphatic carbocycles. The maximum atomic E-state index is 4.52. The van der Waals surface area contributed by atoms with Gasteiger partial charge >= 0.3 is 0 Å². The summed E-state index contributed by atoms with van der Waals surface area (Å²) in [5.41, 5.74) is 2.82. The predicted molar refractivity (Wildman–Crippen MR) is 84.1 cm³/mol. The summed E-state index contributed by atoms with van der Waals surface area (Å²) in [5, 5.41) is 7.96. The minimum Gasteiger partial charge on any atom is -0.307 e. The molecule has 2 aromatic rings. The zero-order valence-corrected chi connectivity index (χ0v) is 13.1. The second-order valence-corrected chi connectivity index (χ2v) is 6.96. The minimum absolute atomic E-state index is 0.202. The van der Waals surface area contributed by atoms with E-state index in [1.54, 1.807) is 0 Å². The van der Waals surface area contributed by atoms with E-state index in [-0.39, 0.29) is 5.41 Å². The number of aromatic nitrogens is 3. The first-order chi connectivity index (χ1) is 10.0. The van der Waals surface area contributed by atoms with Gasteiger partial charge < -0.3 is 5.32 Å². The molecule has 0 bridgehead atoms. The van der Waals surface area contributed by atoms with Crippen LogP contribution in [0.15, 0.2) is 30.6 Å². The molecule has 21 heavy (non-hydrogen) atoms. The Morgan fingerprint density at radius 1 is 1.19 bits per heavy atom. The minimum atomic E-state index is 0.202. The molecule has 0 spiro atoms. The second kappa shape index (κ2) is 5.60. The molecule has 4 nitrogen and oxygen atoms in total. The number of hydrogen-bond donors (Lipinski definition) is 1. The van der Waals surface area contributed by atoms with Gasteiger partial charge in [0.15, 0.2) is 5.82 Å². The molecular formula is C17H24N4. The monoisotopic (exact) mass is 284 g/mol. The van der Waals surface area contributed by atoms with Crippen LogP contribution in [0.5, 0.6) is 0 Å². The van der Waals surface area contributed by atoms with E-state index in [1.165, 1.54) is 24.0 Å². The Hall–Kier alpha value is -1.68. The molecule has 4 heteroatoms. The highest BCUT2D eigenvalue weighted by Gasteiger charge is 2.20. The average Bonchev–Trinajstić information content (AvgIpc) is 3.16. The van der Waals surface area contributed by atoms with Crippen molar-refractivity contribution in [3.05, 3.63) is 47.5 Å². The number of benzene rings is 1. The molecular weight excluding hydrogens is 260 g/mol. The molecule has 3 rings (SSSR count). The molecule has 112 valence electrons. The molecule has 0 radical (unpaired) electrons. The molecule has 0 atom stereocenters. The van der Waals surface area contributed by atoms with Gasteiger partial charge in [-0.1, -0.05) is 45.0 Å².